The van der Waals surface area contributed by atoms with Crippen molar-refractivity contribution in [2.24, 2.45) is 5.41 Å². The fraction of sp³-hybridized carbons (Fsp3) is 0.533. The first-order valence-corrected chi connectivity index (χ1v) is 5.93. The number of hydrogen-bond donors (Lipinski definition) is 0. The molecule has 0 fully saturated rings. The number of rotatable bonds is 3. The van der Waals surface area contributed by atoms with Crippen molar-refractivity contribution in [1.29, 1.82) is 0 Å². The lowest BCUT2D eigenvalue weighted by atomic mass is 9.87. The van der Waals surface area contributed by atoms with E-state index >= 15 is 0 Å². The second-order valence-electron chi connectivity index (χ2n) is 5.94. The van der Waals surface area contributed by atoms with Gasteiger partial charge < -0.3 is 0 Å². The van der Waals surface area contributed by atoms with Crippen molar-refractivity contribution in [3.05, 3.63) is 35.4 Å². The molecule has 16 heavy (non-hydrogen) atoms. The lowest BCUT2D eigenvalue weighted by Gasteiger charge is -2.16. The molecule has 0 heterocycles. The number of ketones is 1. The standard InChI is InChI=1S/C15H22O/c1-11(2)12-6-8-13(9-7-12)14(16)10-15(3,4)5/h6-9,11H,10H2,1-5H3. The highest BCUT2D eigenvalue weighted by Crippen LogP contribution is 2.22. The van der Waals surface area contributed by atoms with E-state index in [1.165, 1.54) is 5.56 Å². The van der Waals surface area contributed by atoms with Crippen LogP contribution in [0.2, 0.25) is 0 Å². The Morgan fingerprint density at radius 3 is 2.00 bits per heavy atom. The molecule has 0 spiro atoms. The van der Waals surface area contributed by atoms with Gasteiger partial charge in [0.2, 0.25) is 0 Å². The van der Waals surface area contributed by atoms with Crippen molar-refractivity contribution >= 4 is 5.78 Å². The molecule has 0 N–H and O–H groups in total. The molecule has 0 atom stereocenters. The van der Waals surface area contributed by atoms with Gasteiger partial charge in [-0.3, -0.25) is 4.79 Å². The molecule has 0 amide bonds. The Kier molecular flexibility index (Phi) is 3.90. The minimum atomic E-state index is 0.0633. The molecule has 0 aliphatic carbocycles. The van der Waals surface area contributed by atoms with Crippen LogP contribution < -0.4 is 0 Å². The van der Waals surface area contributed by atoms with Crippen molar-refractivity contribution in [2.75, 3.05) is 0 Å². The van der Waals surface area contributed by atoms with Gasteiger partial charge in [-0.05, 0) is 16.9 Å². The van der Waals surface area contributed by atoms with Crippen LogP contribution in [-0.4, -0.2) is 5.78 Å². The molecule has 1 aromatic rings. The zero-order chi connectivity index (χ0) is 12.3. The largest absolute Gasteiger partial charge is 0.294 e. The highest BCUT2D eigenvalue weighted by Gasteiger charge is 2.17. The van der Waals surface area contributed by atoms with Crippen molar-refractivity contribution < 1.29 is 4.79 Å². The maximum atomic E-state index is 11.9. The summed E-state index contributed by atoms with van der Waals surface area (Å²) in [5.74, 6) is 0.759. The zero-order valence-corrected chi connectivity index (χ0v) is 11.0. The van der Waals surface area contributed by atoms with E-state index in [0.29, 0.717) is 12.3 Å². The fourth-order valence-electron chi connectivity index (χ4n) is 1.64. The Hall–Kier alpha value is -1.11. The summed E-state index contributed by atoms with van der Waals surface area (Å²) in [6.07, 6.45) is 0.605. The molecule has 0 aliphatic heterocycles. The van der Waals surface area contributed by atoms with E-state index in [0.717, 1.165) is 5.56 Å². The van der Waals surface area contributed by atoms with Gasteiger partial charge in [-0.1, -0.05) is 58.9 Å². The van der Waals surface area contributed by atoms with E-state index in [-0.39, 0.29) is 11.2 Å². The van der Waals surface area contributed by atoms with E-state index in [1.54, 1.807) is 0 Å². The highest BCUT2D eigenvalue weighted by atomic mass is 16.1. The monoisotopic (exact) mass is 218 g/mol. The van der Waals surface area contributed by atoms with E-state index in [4.69, 9.17) is 0 Å². The molecule has 1 nitrogen and oxygen atoms in total. The minimum absolute atomic E-state index is 0.0633. The third kappa shape index (κ3) is 3.80. The van der Waals surface area contributed by atoms with Crippen molar-refractivity contribution in [3.8, 4) is 0 Å². The fourth-order valence-corrected chi connectivity index (χ4v) is 1.64. The van der Waals surface area contributed by atoms with Gasteiger partial charge in [0.05, 0.1) is 0 Å². The van der Waals surface area contributed by atoms with Crippen molar-refractivity contribution in [3.63, 3.8) is 0 Å². The van der Waals surface area contributed by atoms with Crippen LogP contribution in [0.25, 0.3) is 0 Å². The highest BCUT2D eigenvalue weighted by molar-refractivity contribution is 5.96. The van der Waals surface area contributed by atoms with Gasteiger partial charge in [0.15, 0.2) is 5.78 Å². The number of benzene rings is 1. The van der Waals surface area contributed by atoms with Crippen LogP contribution in [0.5, 0.6) is 0 Å². The van der Waals surface area contributed by atoms with E-state index in [1.807, 2.05) is 12.1 Å². The van der Waals surface area contributed by atoms with Gasteiger partial charge in [0, 0.05) is 12.0 Å². The van der Waals surface area contributed by atoms with E-state index in [2.05, 4.69) is 46.8 Å². The molecule has 0 aliphatic rings. The molecule has 0 bridgehead atoms. The van der Waals surface area contributed by atoms with E-state index < -0.39 is 0 Å². The zero-order valence-electron chi connectivity index (χ0n) is 11.0. The SMILES string of the molecule is CC(C)c1ccc(C(=O)CC(C)(C)C)cc1. The van der Waals surface area contributed by atoms with Crippen LogP contribution in [0.3, 0.4) is 0 Å². The topological polar surface area (TPSA) is 17.1 Å². The predicted octanol–water partition coefficient (Wildman–Crippen LogP) is 4.43. The smallest absolute Gasteiger partial charge is 0.163 e. The van der Waals surface area contributed by atoms with Gasteiger partial charge in [0.1, 0.15) is 0 Å². The molecule has 0 saturated carbocycles. The second-order valence-corrected chi connectivity index (χ2v) is 5.94. The maximum absolute atomic E-state index is 11.9. The summed E-state index contributed by atoms with van der Waals surface area (Å²) >= 11 is 0. The van der Waals surface area contributed by atoms with Gasteiger partial charge in [-0.2, -0.15) is 0 Å². The average Bonchev–Trinajstić information content (AvgIpc) is 2.15. The summed E-state index contributed by atoms with van der Waals surface area (Å²) in [5.41, 5.74) is 2.18. The molecular weight excluding hydrogens is 196 g/mol. The first-order chi connectivity index (χ1) is 7.29. The van der Waals surface area contributed by atoms with Crippen molar-refractivity contribution in [2.45, 2.75) is 47.0 Å². The number of Topliss-reactive ketones (excluding diaryl/α,β-unsaturated/α-hetero) is 1. The summed E-state index contributed by atoms with van der Waals surface area (Å²) in [4.78, 5) is 11.9. The summed E-state index contributed by atoms with van der Waals surface area (Å²) < 4.78 is 0. The number of carbonyl (C=O) groups excluding carboxylic acids is 1. The predicted molar refractivity (Wildman–Crippen MR) is 68.9 cm³/mol. The molecule has 1 aromatic carbocycles. The van der Waals surface area contributed by atoms with Crippen LogP contribution in [0, 0.1) is 5.41 Å². The molecule has 88 valence electrons. The molecule has 0 unspecified atom stereocenters. The summed E-state index contributed by atoms with van der Waals surface area (Å²) in [7, 11) is 0. The normalized spacial score (nSPS) is 11.9. The average molecular weight is 218 g/mol. The summed E-state index contributed by atoms with van der Waals surface area (Å²) in [6.45, 7) is 10.6. The molecule has 1 heteroatoms. The van der Waals surface area contributed by atoms with Gasteiger partial charge in [0.25, 0.3) is 0 Å². The summed E-state index contributed by atoms with van der Waals surface area (Å²) in [6, 6.07) is 8.01. The Morgan fingerprint density at radius 1 is 1.12 bits per heavy atom. The van der Waals surface area contributed by atoms with Gasteiger partial charge >= 0.3 is 0 Å². The third-order valence-corrected chi connectivity index (χ3v) is 2.59. The Labute approximate surface area is 98.9 Å². The van der Waals surface area contributed by atoms with Crippen LogP contribution >= 0.6 is 0 Å². The molecule has 0 aromatic heterocycles. The third-order valence-electron chi connectivity index (χ3n) is 2.59. The Bertz CT molecular complexity index is 352. The molecule has 1 rings (SSSR count). The Morgan fingerprint density at radius 2 is 1.62 bits per heavy atom. The maximum Gasteiger partial charge on any atom is 0.163 e. The van der Waals surface area contributed by atoms with Crippen LogP contribution in [-0.2, 0) is 0 Å². The Balaban J connectivity index is 2.78. The number of carbonyl (C=O) groups is 1. The van der Waals surface area contributed by atoms with Crippen LogP contribution in [0.1, 0.15) is 62.9 Å². The van der Waals surface area contributed by atoms with Crippen molar-refractivity contribution in [1.82, 2.24) is 0 Å². The first-order valence-electron chi connectivity index (χ1n) is 5.93. The van der Waals surface area contributed by atoms with Gasteiger partial charge in [-0.15, -0.1) is 0 Å². The number of hydrogen-bond acceptors (Lipinski definition) is 1. The van der Waals surface area contributed by atoms with E-state index in [9.17, 15) is 4.79 Å². The lowest BCUT2D eigenvalue weighted by molar-refractivity contribution is 0.0940. The second kappa shape index (κ2) is 4.82. The first kappa shape index (κ1) is 13.0. The molecule has 0 radical (unpaired) electrons. The van der Waals surface area contributed by atoms with Crippen LogP contribution in [0.15, 0.2) is 24.3 Å². The summed E-state index contributed by atoms with van der Waals surface area (Å²) in [5, 5.41) is 0. The molecule has 0 saturated heterocycles. The quantitative estimate of drug-likeness (QED) is 0.686. The molecular formula is C15H22O. The minimum Gasteiger partial charge on any atom is -0.294 e. The lowest BCUT2D eigenvalue weighted by Crippen LogP contribution is -2.13. The van der Waals surface area contributed by atoms with Gasteiger partial charge in [-0.25, -0.2) is 0 Å². The van der Waals surface area contributed by atoms with Crippen LogP contribution in [0.4, 0.5) is 0 Å².